The van der Waals surface area contributed by atoms with Crippen molar-refractivity contribution in [1.82, 2.24) is 9.80 Å². The predicted octanol–water partition coefficient (Wildman–Crippen LogP) is 2.19. The molecule has 2 heterocycles. The second kappa shape index (κ2) is 6.78. The van der Waals surface area contributed by atoms with Gasteiger partial charge in [0.15, 0.2) is 5.76 Å². The zero-order chi connectivity index (χ0) is 17.1. The number of methoxy groups -OCH3 is 1. The number of rotatable bonds is 3. The lowest BCUT2D eigenvalue weighted by atomic mass is 10.1. The quantitative estimate of drug-likeness (QED) is 0.866. The molecule has 1 aromatic heterocycles. The Morgan fingerprint density at radius 3 is 2.29 bits per heavy atom. The Morgan fingerprint density at radius 2 is 1.71 bits per heavy atom. The third-order valence-corrected chi connectivity index (χ3v) is 4.24. The molecule has 0 spiro atoms. The minimum Gasteiger partial charge on any atom is -0.496 e. The summed E-state index contributed by atoms with van der Waals surface area (Å²) in [7, 11) is 1.59. The molecule has 1 saturated heterocycles. The molecule has 1 aliphatic rings. The number of nitrogens with zero attached hydrogens (tertiary/aromatic N) is 2. The van der Waals surface area contributed by atoms with Gasteiger partial charge < -0.3 is 19.0 Å². The van der Waals surface area contributed by atoms with Gasteiger partial charge in [0, 0.05) is 31.7 Å². The van der Waals surface area contributed by atoms with Crippen molar-refractivity contribution in [3.8, 4) is 5.75 Å². The van der Waals surface area contributed by atoms with Crippen molar-refractivity contribution in [2.24, 2.45) is 0 Å². The number of amides is 2. The molecule has 1 fully saturated rings. The van der Waals surface area contributed by atoms with Gasteiger partial charge in [0.05, 0.1) is 13.4 Å². The molecule has 3 rings (SSSR count). The Kier molecular flexibility index (Phi) is 4.55. The normalized spacial score (nSPS) is 14.6. The highest BCUT2D eigenvalue weighted by Gasteiger charge is 2.26. The molecule has 6 heteroatoms. The van der Waals surface area contributed by atoms with E-state index < -0.39 is 0 Å². The highest BCUT2D eigenvalue weighted by atomic mass is 16.5. The smallest absolute Gasteiger partial charge is 0.289 e. The van der Waals surface area contributed by atoms with Crippen molar-refractivity contribution in [2.75, 3.05) is 33.3 Å². The maximum atomic E-state index is 12.6. The van der Waals surface area contributed by atoms with Gasteiger partial charge in [-0.05, 0) is 36.8 Å². The molecule has 1 aliphatic heterocycles. The molecule has 6 nitrogen and oxygen atoms in total. The van der Waals surface area contributed by atoms with Crippen LogP contribution in [0.25, 0.3) is 0 Å². The fourth-order valence-corrected chi connectivity index (χ4v) is 2.80. The minimum atomic E-state index is -0.135. The monoisotopic (exact) mass is 328 g/mol. The summed E-state index contributed by atoms with van der Waals surface area (Å²) in [5, 5.41) is 0. The lowest BCUT2D eigenvalue weighted by Gasteiger charge is -2.34. The summed E-state index contributed by atoms with van der Waals surface area (Å²) in [6.07, 6.45) is 1.48. The van der Waals surface area contributed by atoms with Gasteiger partial charge >= 0.3 is 0 Å². The van der Waals surface area contributed by atoms with E-state index >= 15 is 0 Å². The summed E-state index contributed by atoms with van der Waals surface area (Å²) >= 11 is 0. The SMILES string of the molecule is COc1cc(C(=O)N2CCN(C(=O)c3ccco3)CC2)ccc1C. The number of hydrogen-bond donors (Lipinski definition) is 0. The van der Waals surface area contributed by atoms with E-state index in [9.17, 15) is 9.59 Å². The first-order valence-corrected chi connectivity index (χ1v) is 7.87. The molecule has 2 aromatic rings. The van der Waals surface area contributed by atoms with Crippen molar-refractivity contribution >= 4 is 11.8 Å². The van der Waals surface area contributed by atoms with E-state index in [1.807, 2.05) is 13.0 Å². The van der Waals surface area contributed by atoms with Crippen LogP contribution < -0.4 is 4.74 Å². The second-order valence-corrected chi connectivity index (χ2v) is 5.75. The van der Waals surface area contributed by atoms with Crippen LogP contribution in [0.4, 0.5) is 0 Å². The number of ether oxygens (including phenoxy) is 1. The molecule has 0 saturated carbocycles. The Balaban J connectivity index is 1.64. The highest BCUT2D eigenvalue weighted by molar-refractivity contribution is 5.95. The van der Waals surface area contributed by atoms with E-state index in [0.29, 0.717) is 43.3 Å². The maximum absolute atomic E-state index is 12.6. The van der Waals surface area contributed by atoms with Crippen molar-refractivity contribution in [3.05, 3.63) is 53.5 Å². The van der Waals surface area contributed by atoms with Gasteiger partial charge in [-0.3, -0.25) is 9.59 Å². The van der Waals surface area contributed by atoms with Crippen LogP contribution in [0.5, 0.6) is 5.75 Å². The average Bonchev–Trinajstić information content (AvgIpc) is 3.16. The maximum Gasteiger partial charge on any atom is 0.289 e. The van der Waals surface area contributed by atoms with Gasteiger partial charge in [0.1, 0.15) is 5.75 Å². The zero-order valence-electron chi connectivity index (χ0n) is 13.8. The predicted molar refractivity (Wildman–Crippen MR) is 88.2 cm³/mol. The van der Waals surface area contributed by atoms with Crippen LogP contribution in [0.15, 0.2) is 41.0 Å². The fraction of sp³-hybridized carbons (Fsp3) is 0.333. The van der Waals surface area contributed by atoms with Gasteiger partial charge in [0.25, 0.3) is 11.8 Å². The molecule has 0 radical (unpaired) electrons. The lowest BCUT2D eigenvalue weighted by Crippen LogP contribution is -2.50. The van der Waals surface area contributed by atoms with Crippen LogP contribution in [0.3, 0.4) is 0 Å². The Hall–Kier alpha value is -2.76. The molecular weight excluding hydrogens is 308 g/mol. The summed E-state index contributed by atoms with van der Waals surface area (Å²) in [5.74, 6) is 0.855. The minimum absolute atomic E-state index is 0.0432. The molecular formula is C18H20N2O4. The average molecular weight is 328 g/mol. The van der Waals surface area contributed by atoms with Crippen LogP contribution in [0.2, 0.25) is 0 Å². The topological polar surface area (TPSA) is 63.0 Å². The van der Waals surface area contributed by atoms with E-state index in [-0.39, 0.29) is 11.8 Å². The zero-order valence-corrected chi connectivity index (χ0v) is 13.8. The Morgan fingerprint density at radius 1 is 1.04 bits per heavy atom. The van der Waals surface area contributed by atoms with Gasteiger partial charge in [-0.15, -0.1) is 0 Å². The van der Waals surface area contributed by atoms with E-state index in [2.05, 4.69) is 0 Å². The van der Waals surface area contributed by atoms with Crippen molar-refractivity contribution in [1.29, 1.82) is 0 Å². The van der Waals surface area contributed by atoms with Gasteiger partial charge in [-0.1, -0.05) is 6.07 Å². The first kappa shape index (κ1) is 16.1. The molecule has 2 amide bonds. The molecule has 0 N–H and O–H groups in total. The molecule has 0 unspecified atom stereocenters. The summed E-state index contributed by atoms with van der Waals surface area (Å²) in [5.41, 5.74) is 1.59. The highest BCUT2D eigenvalue weighted by Crippen LogP contribution is 2.20. The first-order chi connectivity index (χ1) is 11.6. The van der Waals surface area contributed by atoms with E-state index in [0.717, 1.165) is 5.56 Å². The third-order valence-electron chi connectivity index (χ3n) is 4.24. The van der Waals surface area contributed by atoms with Crippen LogP contribution in [0.1, 0.15) is 26.5 Å². The van der Waals surface area contributed by atoms with E-state index in [1.54, 1.807) is 41.2 Å². The summed E-state index contributed by atoms with van der Waals surface area (Å²) in [6.45, 7) is 3.93. The van der Waals surface area contributed by atoms with Gasteiger partial charge in [-0.25, -0.2) is 0 Å². The second-order valence-electron chi connectivity index (χ2n) is 5.75. The Bertz CT molecular complexity index is 731. The van der Waals surface area contributed by atoms with E-state index in [1.165, 1.54) is 6.26 Å². The lowest BCUT2D eigenvalue weighted by molar-refractivity contribution is 0.0518. The molecule has 126 valence electrons. The standard InChI is InChI=1S/C18H20N2O4/c1-13-5-6-14(12-16(13)23-2)17(21)19-7-9-20(10-8-19)18(22)15-4-3-11-24-15/h3-6,11-12H,7-10H2,1-2H3. The molecule has 1 aromatic carbocycles. The summed E-state index contributed by atoms with van der Waals surface area (Å²) in [4.78, 5) is 28.3. The number of aryl methyl sites for hydroxylation is 1. The van der Waals surface area contributed by atoms with Crippen LogP contribution in [-0.2, 0) is 0 Å². The summed E-state index contributed by atoms with van der Waals surface area (Å²) < 4.78 is 10.4. The van der Waals surface area contributed by atoms with E-state index in [4.69, 9.17) is 9.15 Å². The number of carbonyl (C=O) groups is 2. The van der Waals surface area contributed by atoms with Gasteiger partial charge in [-0.2, -0.15) is 0 Å². The molecule has 0 atom stereocenters. The van der Waals surface area contributed by atoms with Crippen molar-refractivity contribution in [2.45, 2.75) is 6.92 Å². The largest absolute Gasteiger partial charge is 0.496 e. The molecule has 24 heavy (non-hydrogen) atoms. The van der Waals surface area contributed by atoms with Crippen molar-refractivity contribution in [3.63, 3.8) is 0 Å². The Labute approximate surface area is 140 Å². The number of furan rings is 1. The van der Waals surface area contributed by atoms with Crippen molar-refractivity contribution < 1.29 is 18.7 Å². The fourth-order valence-electron chi connectivity index (χ4n) is 2.80. The molecule has 0 bridgehead atoms. The number of benzene rings is 1. The first-order valence-electron chi connectivity index (χ1n) is 7.87. The number of piperazine rings is 1. The number of hydrogen-bond acceptors (Lipinski definition) is 4. The van der Waals surface area contributed by atoms with Crippen LogP contribution in [-0.4, -0.2) is 54.9 Å². The summed E-state index contributed by atoms with van der Waals surface area (Å²) in [6, 6.07) is 8.79. The molecule has 0 aliphatic carbocycles. The van der Waals surface area contributed by atoms with Crippen LogP contribution in [0, 0.1) is 6.92 Å². The van der Waals surface area contributed by atoms with Crippen LogP contribution >= 0.6 is 0 Å². The number of carbonyl (C=O) groups excluding carboxylic acids is 2. The third kappa shape index (κ3) is 3.13. The van der Waals surface area contributed by atoms with Gasteiger partial charge in [0.2, 0.25) is 0 Å².